The molecule has 1 heterocycles. The zero-order valence-electron chi connectivity index (χ0n) is 11.9. The molecule has 3 aromatic rings. The third-order valence-corrected chi connectivity index (χ3v) is 3.52. The number of nitrogens with one attached hydrogen (secondary N) is 2. The van der Waals surface area contributed by atoms with Gasteiger partial charge in [0, 0.05) is 23.1 Å². The highest BCUT2D eigenvalue weighted by Gasteiger charge is 2.13. The Kier molecular flexibility index (Phi) is 3.94. The lowest BCUT2D eigenvalue weighted by Gasteiger charge is -2.12. The molecule has 0 aliphatic heterocycles. The first kappa shape index (κ1) is 14.4. The summed E-state index contributed by atoms with van der Waals surface area (Å²) in [5.74, 6) is 0.313. The van der Waals surface area contributed by atoms with Gasteiger partial charge < -0.3 is 10.6 Å². The number of anilines is 2. The molecule has 0 atom stereocenters. The second kappa shape index (κ2) is 6.03. The normalized spacial score (nSPS) is 10.5. The van der Waals surface area contributed by atoms with Gasteiger partial charge in [0.15, 0.2) is 0 Å². The molecule has 0 saturated carbocycles. The summed E-state index contributed by atoms with van der Waals surface area (Å²) in [7, 11) is 1.59. The van der Waals surface area contributed by atoms with Crippen LogP contribution in [0.15, 0.2) is 54.6 Å². The van der Waals surface area contributed by atoms with Gasteiger partial charge in [-0.15, -0.1) is 0 Å². The monoisotopic (exact) mass is 311 g/mol. The minimum absolute atomic E-state index is 0.201. The molecule has 0 radical (unpaired) electrons. The molecule has 0 aliphatic rings. The predicted molar refractivity (Wildman–Crippen MR) is 89.9 cm³/mol. The lowest BCUT2D eigenvalue weighted by atomic mass is 10.1. The van der Waals surface area contributed by atoms with Crippen molar-refractivity contribution in [1.82, 2.24) is 10.3 Å². The number of carbonyl (C=O) groups excluding carboxylic acids is 1. The van der Waals surface area contributed by atoms with E-state index in [4.69, 9.17) is 11.6 Å². The van der Waals surface area contributed by atoms with Gasteiger partial charge in [0.25, 0.3) is 5.91 Å². The Morgan fingerprint density at radius 3 is 2.59 bits per heavy atom. The van der Waals surface area contributed by atoms with E-state index in [9.17, 15) is 4.79 Å². The van der Waals surface area contributed by atoms with Gasteiger partial charge >= 0.3 is 0 Å². The number of amides is 1. The highest BCUT2D eigenvalue weighted by molar-refractivity contribution is 6.31. The predicted octanol–water partition coefficient (Wildman–Crippen LogP) is 3.99. The van der Waals surface area contributed by atoms with E-state index < -0.39 is 0 Å². The van der Waals surface area contributed by atoms with Crippen molar-refractivity contribution in [2.24, 2.45) is 0 Å². The second-order valence-electron chi connectivity index (χ2n) is 4.79. The molecule has 0 aliphatic carbocycles. The minimum Gasteiger partial charge on any atom is -0.355 e. The van der Waals surface area contributed by atoms with E-state index in [0.717, 1.165) is 16.6 Å². The lowest BCUT2D eigenvalue weighted by Crippen LogP contribution is -2.19. The largest absolute Gasteiger partial charge is 0.355 e. The number of nitrogens with zero attached hydrogens (tertiary/aromatic N) is 1. The summed E-state index contributed by atoms with van der Waals surface area (Å²) in [6.07, 6.45) is 0. The van der Waals surface area contributed by atoms with E-state index in [-0.39, 0.29) is 5.91 Å². The Hall–Kier alpha value is -2.59. The van der Waals surface area contributed by atoms with E-state index in [1.807, 2.05) is 36.4 Å². The molecule has 0 bridgehead atoms. The average Bonchev–Trinajstić information content (AvgIpc) is 2.54. The van der Waals surface area contributed by atoms with E-state index >= 15 is 0 Å². The summed E-state index contributed by atoms with van der Waals surface area (Å²) in [6.45, 7) is 0. The molecule has 0 saturated heterocycles. The first-order chi connectivity index (χ1) is 10.7. The molecule has 3 rings (SSSR count). The Morgan fingerprint density at radius 1 is 1.09 bits per heavy atom. The maximum Gasteiger partial charge on any atom is 0.254 e. The molecule has 4 nitrogen and oxygen atoms in total. The summed E-state index contributed by atoms with van der Waals surface area (Å²) in [4.78, 5) is 16.7. The number of hydrogen-bond donors (Lipinski definition) is 2. The van der Waals surface area contributed by atoms with Crippen molar-refractivity contribution in [3.05, 3.63) is 65.2 Å². The van der Waals surface area contributed by atoms with Crippen LogP contribution in [-0.4, -0.2) is 17.9 Å². The van der Waals surface area contributed by atoms with Gasteiger partial charge in [-0.05, 0) is 36.4 Å². The first-order valence-electron chi connectivity index (χ1n) is 6.82. The minimum atomic E-state index is -0.201. The van der Waals surface area contributed by atoms with Crippen molar-refractivity contribution in [2.75, 3.05) is 12.4 Å². The highest BCUT2D eigenvalue weighted by atomic mass is 35.5. The summed E-state index contributed by atoms with van der Waals surface area (Å²) in [5.41, 5.74) is 2.12. The van der Waals surface area contributed by atoms with Crippen molar-refractivity contribution in [3.63, 3.8) is 0 Å². The van der Waals surface area contributed by atoms with Gasteiger partial charge in [-0.2, -0.15) is 0 Å². The summed E-state index contributed by atoms with van der Waals surface area (Å²) in [5, 5.41) is 7.26. The van der Waals surface area contributed by atoms with E-state index in [0.29, 0.717) is 16.4 Å². The third-order valence-electron chi connectivity index (χ3n) is 3.29. The van der Waals surface area contributed by atoms with Gasteiger partial charge in [-0.25, -0.2) is 4.98 Å². The number of pyridine rings is 1. The molecule has 2 N–H and O–H groups in total. The Balaban J connectivity index is 2.13. The molecule has 1 aromatic heterocycles. The molecular weight excluding hydrogens is 298 g/mol. The number of halogens is 1. The topological polar surface area (TPSA) is 54.0 Å². The van der Waals surface area contributed by atoms with E-state index in [1.54, 1.807) is 25.2 Å². The number of fused-ring (bicyclic) bond motifs is 1. The highest BCUT2D eigenvalue weighted by Crippen LogP contribution is 2.25. The van der Waals surface area contributed by atoms with Gasteiger partial charge in [0.1, 0.15) is 5.82 Å². The molecule has 2 aromatic carbocycles. The fourth-order valence-electron chi connectivity index (χ4n) is 2.21. The van der Waals surface area contributed by atoms with Crippen LogP contribution in [0.4, 0.5) is 11.5 Å². The van der Waals surface area contributed by atoms with Crippen LogP contribution in [-0.2, 0) is 0 Å². The number of rotatable bonds is 3. The summed E-state index contributed by atoms with van der Waals surface area (Å²) in [6, 6.07) is 16.8. The van der Waals surface area contributed by atoms with Crippen molar-refractivity contribution in [2.45, 2.75) is 0 Å². The third kappa shape index (κ3) is 2.87. The van der Waals surface area contributed by atoms with E-state index in [2.05, 4.69) is 15.6 Å². The van der Waals surface area contributed by atoms with Gasteiger partial charge in [-0.3, -0.25) is 4.79 Å². The van der Waals surface area contributed by atoms with Crippen LogP contribution in [0.1, 0.15) is 10.4 Å². The standard InChI is InChI=1S/C17H14ClN3O/c1-19-17(22)14-10-11-9-12(18)7-8-15(11)21-16(14)20-13-5-3-2-4-6-13/h2-10H,1H3,(H,19,22)(H,20,21). The molecule has 1 amide bonds. The van der Waals surface area contributed by atoms with Crippen molar-refractivity contribution in [3.8, 4) is 0 Å². The van der Waals surface area contributed by atoms with Crippen LogP contribution >= 0.6 is 11.6 Å². The van der Waals surface area contributed by atoms with Crippen LogP contribution in [0.3, 0.4) is 0 Å². The molecule has 0 fully saturated rings. The average molecular weight is 312 g/mol. The van der Waals surface area contributed by atoms with Crippen LogP contribution in [0.5, 0.6) is 0 Å². The van der Waals surface area contributed by atoms with Crippen LogP contribution in [0.25, 0.3) is 10.9 Å². The van der Waals surface area contributed by atoms with Crippen molar-refractivity contribution in [1.29, 1.82) is 0 Å². The maximum atomic E-state index is 12.1. The number of aromatic nitrogens is 1. The van der Waals surface area contributed by atoms with Gasteiger partial charge in [0.2, 0.25) is 0 Å². The second-order valence-corrected chi connectivity index (χ2v) is 5.23. The molecule has 110 valence electrons. The fourth-order valence-corrected chi connectivity index (χ4v) is 2.39. The number of carbonyl (C=O) groups is 1. The van der Waals surface area contributed by atoms with Gasteiger partial charge in [0.05, 0.1) is 11.1 Å². The zero-order chi connectivity index (χ0) is 15.5. The van der Waals surface area contributed by atoms with Crippen LogP contribution in [0.2, 0.25) is 5.02 Å². The lowest BCUT2D eigenvalue weighted by molar-refractivity contribution is 0.0964. The fraction of sp³-hybridized carbons (Fsp3) is 0.0588. The summed E-state index contributed by atoms with van der Waals surface area (Å²) < 4.78 is 0. The smallest absolute Gasteiger partial charge is 0.254 e. The Bertz CT molecular complexity index is 834. The van der Waals surface area contributed by atoms with Crippen LogP contribution in [0, 0.1) is 0 Å². The number of hydrogen-bond acceptors (Lipinski definition) is 3. The maximum absolute atomic E-state index is 12.1. The van der Waals surface area contributed by atoms with Crippen molar-refractivity contribution >= 4 is 39.9 Å². The van der Waals surface area contributed by atoms with Crippen LogP contribution < -0.4 is 10.6 Å². The summed E-state index contributed by atoms with van der Waals surface area (Å²) >= 11 is 6.01. The molecule has 0 unspecified atom stereocenters. The first-order valence-corrected chi connectivity index (χ1v) is 7.19. The quantitative estimate of drug-likeness (QED) is 0.769. The zero-order valence-corrected chi connectivity index (χ0v) is 12.7. The Labute approximate surface area is 133 Å². The molecule has 0 spiro atoms. The number of benzene rings is 2. The van der Waals surface area contributed by atoms with E-state index in [1.165, 1.54) is 0 Å². The number of para-hydroxylation sites is 1. The molecular formula is C17H14ClN3O. The Morgan fingerprint density at radius 2 is 1.86 bits per heavy atom. The molecule has 5 heteroatoms. The SMILES string of the molecule is CNC(=O)c1cc2cc(Cl)ccc2nc1Nc1ccccc1. The van der Waals surface area contributed by atoms with Crippen molar-refractivity contribution < 1.29 is 4.79 Å². The van der Waals surface area contributed by atoms with Gasteiger partial charge in [-0.1, -0.05) is 29.8 Å². The molecule has 22 heavy (non-hydrogen) atoms.